The predicted molar refractivity (Wildman–Crippen MR) is 39.4 cm³/mol. The van der Waals surface area contributed by atoms with E-state index in [-0.39, 0.29) is 0 Å². The maximum Gasteiger partial charge on any atom is 0.186 e. The van der Waals surface area contributed by atoms with Crippen LogP contribution in [0, 0.1) is 0 Å². The molecule has 0 amide bonds. The first kappa shape index (κ1) is 9.88. The summed E-state index contributed by atoms with van der Waals surface area (Å²) in [6, 6.07) is 0. The third kappa shape index (κ3) is 1.60. The van der Waals surface area contributed by atoms with Crippen LogP contribution < -0.4 is 0 Å². The molecule has 3 N–H and O–H groups in total. The first-order valence-electron chi connectivity index (χ1n) is 3.80. The van der Waals surface area contributed by atoms with E-state index in [0.717, 1.165) is 0 Å². The van der Waals surface area contributed by atoms with Crippen molar-refractivity contribution in [1.82, 2.24) is 0 Å². The highest BCUT2D eigenvalue weighted by Gasteiger charge is 2.44. The summed E-state index contributed by atoms with van der Waals surface area (Å²) < 4.78 is 9.76. The van der Waals surface area contributed by atoms with Crippen molar-refractivity contribution in [2.75, 3.05) is 7.11 Å². The summed E-state index contributed by atoms with van der Waals surface area (Å²) in [5.74, 6) is 0. The Bertz CT molecular complexity index is 149. The van der Waals surface area contributed by atoms with Crippen LogP contribution in [-0.2, 0) is 9.47 Å². The van der Waals surface area contributed by atoms with E-state index in [1.807, 2.05) is 0 Å². The minimum Gasteiger partial charge on any atom is -0.391 e. The highest BCUT2D eigenvalue weighted by molar-refractivity contribution is 4.89. The van der Waals surface area contributed by atoms with Crippen molar-refractivity contribution in [2.45, 2.75) is 37.6 Å². The van der Waals surface area contributed by atoms with Gasteiger partial charge in [0.1, 0.15) is 18.3 Å². The van der Waals surface area contributed by atoms with Gasteiger partial charge < -0.3 is 24.8 Å². The van der Waals surface area contributed by atoms with Crippen molar-refractivity contribution in [3.63, 3.8) is 0 Å². The van der Waals surface area contributed by atoms with Gasteiger partial charge in [-0.3, -0.25) is 0 Å². The molecule has 0 aromatic heterocycles. The van der Waals surface area contributed by atoms with Crippen molar-refractivity contribution in [2.24, 2.45) is 0 Å². The zero-order valence-electron chi connectivity index (χ0n) is 7.04. The molecule has 12 heavy (non-hydrogen) atoms. The number of hydrogen-bond donors (Lipinski definition) is 3. The maximum absolute atomic E-state index is 9.31. The summed E-state index contributed by atoms with van der Waals surface area (Å²) >= 11 is 0. The summed E-state index contributed by atoms with van der Waals surface area (Å²) in [6.07, 6.45) is -4.62. The van der Waals surface area contributed by atoms with Gasteiger partial charge in [-0.1, -0.05) is 0 Å². The van der Waals surface area contributed by atoms with Crippen LogP contribution in [0.25, 0.3) is 0 Å². The van der Waals surface area contributed by atoms with Crippen LogP contribution in [0.2, 0.25) is 0 Å². The molecule has 1 aliphatic heterocycles. The Kier molecular flexibility index (Phi) is 3.03. The standard InChI is InChI=1S/C7H14O5/c1-3(8)6-4(9)5(10)7(11-2)12-6/h3-10H,1-2H3/t3-,4-,5+,6-,7-/m0/s1. The maximum atomic E-state index is 9.31. The quantitative estimate of drug-likeness (QED) is 0.477. The van der Waals surface area contributed by atoms with Crippen LogP contribution in [0.15, 0.2) is 0 Å². The number of methoxy groups -OCH3 is 1. The summed E-state index contributed by atoms with van der Waals surface area (Å²) in [7, 11) is 1.37. The molecule has 0 saturated carbocycles. The molecule has 1 aliphatic rings. The van der Waals surface area contributed by atoms with Crippen molar-refractivity contribution in [1.29, 1.82) is 0 Å². The lowest BCUT2D eigenvalue weighted by Crippen LogP contribution is -2.37. The minimum absolute atomic E-state index is 0.773. The van der Waals surface area contributed by atoms with Crippen LogP contribution in [0.5, 0.6) is 0 Å². The Morgan fingerprint density at radius 1 is 1.33 bits per heavy atom. The molecule has 0 aliphatic carbocycles. The zero-order valence-corrected chi connectivity index (χ0v) is 7.04. The summed E-state index contributed by atoms with van der Waals surface area (Å²) in [6.45, 7) is 1.48. The monoisotopic (exact) mass is 178 g/mol. The average molecular weight is 178 g/mol. The molecule has 5 heteroatoms. The zero-order chi connectivity index (χ0) is 9.30. The Hall–Kier alpha value is -0.200. The first-order valence-corrected chi connectivity index (χ1v) is 3.80. The molecule has 5 atom stereocenters. The molecular formula is C7H14O5. The van der Waals surface area contributed by atoms with Crippen LogP contribution in [0.4, 0.5) is 0 Å². The molecule has 5 nitrogen and oxygen atoms in total. The molecule has 1 fully saturated rings. The van der Waals surface area contributed by atoms with Gasteiger partial charge in [-0.05, 0) is 6.92 Å². The van der Waals surface area contributed by atoms with E-state index in [9.17, 15) is 10.2 Å². The first-order chi connectivity index (χ1) is 5.57. The van der Waals surface area contributed by atoms with Gasteiger partial charge in [-0.15, -0.1) is 0 Å². The van der Waals surface area contributed by atoms with Gasteiger partial charge in [-0.25, -0.2) is 0 Å². The van der Waals surface area contributed by atoms with E-state index < -0.39 is 30.7 Å². The number of rotatable bonds is 2. The van der Waals surface area contributed by atoms with Gasteiger partial charge in [0.15, 0.2) is 6.29 Å². The van der Waals surface area contributed by atoms with Crippen molar-refractivity contribution in [3.05, 3.63) is 0 Å². The highest BCUT2D eigenvalue weighted by Crippen LogP contribution is 2.23. The van der Waals surface area contributed by atoms with E-state index >= 15 is 0 Å². The fourth-order valence-electron chi connectivity index (χ4n) is 1.27. The Morgan fingerprint density at radius 3 is 2.17 bits per heavy atom. The predicted octanol–water partition coefficient (Wildman–Crippen LogP) is -1.54. The lowest BCUT2D eigenvalue weighted by Gasteiger charge is -2.16. The SMILES string of the molecule is CO[C@H]1O[C@@H]([C@H](C)O)[C@@H](O)[C@H]1O. The molecule has 0 aromatic carbocycles. The normalized spacial score (nSPS) is 44.8. The van der Waals surface area contributed by atoms with Crippen molar-refractivity contribution >= 4 is 0 Å². The van der Waals surface area contributed by atoms with E-state index in [1.54, 1.807) is 0 Å². The molecule has 1 heterocycles. The van der Waals surface area contributed by atoms with Gasteiger partial charge in [-0.2, -0.15) is 0 Å². The third-order valence-electron chi connectivity index (χ3n) is 1.96. The Morgan fingerprint density at radius 2 is 1.92 bits per heavy atom. The molecule has 0 bridgehead atoms. The lowest BCUT2D eigenvalue weighted by atomic mass is 10.1. The van der Waals surface area contributed by atoms with E-state index in [1.165, 1.54) is 14.0 Å². The minimum atomic E-state index is -1.09. The topological polar surface area (TPSA) is 79.2 Å². The van der Waals surface area contributed by atoms with E-state index in [0.29, 0.717) is 0 Å². The fourth-order valence-corrected chi connectivity index (χ4v) is 1.27. The molecule has 1 rings (SSSR count). The lowest BCUT2D eigenvalue weighted by molar-refractivity contribution is -0.161. The molecule has 0 aromatic rings. The van der Waals surface area contributed by atoms with Crippen LogP contribution in [0.3, 0.4) is 0 Å². The summed E-state index contributed by atoms with van der Waals surface area (Å²) in [5.41, 5.74) is 0. The molecular weight excluding hydrogens is 164 g/mol. The number of hydrogen-bond acceptors (Lipinski definition) is 5. The second kappa shape index (κ2) is 3.68. The molecule has 0 radical (unpaired) electrons. The van der Waals surface area contributed by atoms with Crippen LogP contribution in [0.1, 0.15) is 6.92 Å². The van der Waals surface area contributed by atoms with Crippen LogP contribution in [-0.4, -0.2) is 53.1 Å². The smallest absolute Gasteiger partial charge is 0.186 e. The van der Waals surface area contributed by atoms with Crippen molar-refractivity contribution in [3.8, 4) is 0 Å². The average Bonchev–Trinajstić information content (AvgIpc) is 2.30. The second-order valence-corrected chi connectivity index (χ2v) is 2.93. The number of aliphatic hydroxyl groups is 3. The van der Waals surface area contributed by atoms with E-state index in [2.05, 4.69) is 0 Å². The molecule has 0 spiro atoms. The van der Waals surface area contributed by atoms with Gasteiger partial charge in [0.2, 0.25) is 0 Å². The van der Waals surface area contributed by atoms with Gasteiger partial charge in [0, 0.05) is 7.11 Å². The molecule has 1 saturated heterocycles. The van der Waals surface area contributed by atoms with Gasteiger partial charge >= 0.3 is 0 Å². The largest absolute Gasteiger partial charge is 0.391 e. The van der Waals surface area contributed by atoms with Crippen LogP contribution >= 0.6 is 0 Å². The number of aliphatic hydroxyl groups excluding tert-OH is 3. The fraction of sp³-hybridized carbons (Fsp3) is 1.00. The van der Waals surface area contributed by atoms with Crippen molar-refractivity contribution < 1.29 is 24.8 Å². The summed E-state index contributed by atoms with van der Waals surface area (Å²) in [4.78, 5) is 0. The summed E-state index contributed by atoms with van der Waals surface area (Å²) in [5, 5.41) is 27.7. The number of ether oxygens (including phenoxy) is 2. The Labute approximate surface area is 70.5 Å². The highest BCUT2D eigenvalue weighted by atomic mass is 16.7. The van der Waals surface area contributed by atoms with Gasteiger partial charge in [0.25, 0.3) is 0 Å². The second-order valence-electron chi connectivity index (χ2n) is 2.93. The molecule has 72 valence electrons. The molecule has 0 unspecified atom stereocenters. The van der Waals surface area contributed by atoms with Gasteiger partial charge in [0.05, 0.1) is 6.10 Å². The Balaban J connectivity index is 2.60. The van der Waals surface area contributed by atoms with E-state index in [4.69, 9.17) is 14.6 Å². The third-order valence-corrected chi connectivity index (χ3v) is 1.96.